The zero-order valence-corrected chi connectivity index (χ0v) is 8.77. The number of hydrogen-bond donors (Lipinski definition) is 0. The summed E-state index contributed by atoms with van der Waals surface area (Å²) in [6, 6.07) is 0. The van der Waals surface area contributed by atoms with Crippen molar-refractivity contribution in [3.8, 4) is 0 Å². The van der Waals surface area contributed by atoms with Crippen LogP contribution in [0.1, 0.15) is 32.1 Å². The third kappa shape index (κ3) is 1.96. The second kappa shape index (κ2) is 4.00. The summed E-state index contributed by atoms with van der Waals surface area (Å²) < 4.78 is 49.4. The lowest BCUT2D eigenvalue weighted by molar-refractivity contribution is -0.168. The van der Waals surface area contributed by atoms with Crippen molar-refractivity contribution >= 4 is 5.78 Å². The van der Waals surface area contributed by atoms with E-state index in [1.54, 1.807) is 0 Å². The van der Waals surface area contributed by atoms with Crippen molar-refractivity contribution in [1.29, 1.82) is 0 Å². The summed E-state index contributed by atoms with van der Waals surface area (Å²) in [4.78, 5) is 11.1. The Hall–Kier alpha value is -0.610. The van der Waals surface area contributed by atoms with Crippen LogP contribution in [0.3, 0.4) is 0 Å². The minimum atomic E-state index is -4.46. The van der Waals surface area contributed by atoms with Gasteiger partial charge in [-0.25, -0.2) is 8.78 Å². The first-order chi connectivity index (χ1) is 7.41. The number of carbonyl (C=O) groups excluding carboxylic acids is 1. The van der Waals surface area contributed by atoms with Crippen LogP contribution in [0.2, 0.25) is 0 Å². The minimum Gasteiger partial charge on any atom is -0.293 e. The second-order valence-electron chi connectivity index (χ2n) is 4.99. The van der Waals surface area contributed by atoms with Gasteiger partial charge in [0.05, 0.1) is 0 Å². The van der Waals surface area contributed by atoms with Crippen molar-refractivity contribution in [3.63, 3.8) is 0 Å². The van der Waals surface area contributed by atoms with E-state index >= 15 is 0 Å². The Morgan fingerprint density at radius 1 is 1.25 bits per heavy atom. The molecule has 0 aliphatic heterocycles. The predicted octanol–water partition coefficient (Wildman–Crippen LogP) is 3.28. The van der Waals surface area contributed by atoms with Gasteiger partial charge in [-0.1, -0.05) is 6.42 Å². The van der Waals surface area contributed by atoms with Gasteiger partial charge in [-0.3, -0.25) is 4.79 Å². The number of alkyl halides is 4. The van der Waals surface area contributed by atoms with Gasteiger partial charge in [0.2, 0.25) is 5.78 Å². The fourth-order valence-electron chi connectivity index (χ4n) is 3.12. The average Bonchev–Trinajstić information content (AvgIpc) is 2.78. The first kappa shape index (κ1) is 11.9. The van der Waals surface area contributed by atoms with Crippen molar-refractivity contribution in [1.82, 2.24) is 0 Å². The molecule has 2 aliphatic carbocycles. The third-order valence-electron chi connectivity index (χ3n) is 3.98. The number of Topliss-reactive ketones (excluding diaryl/α,β-unsaturated/α-hetero) is 1. The second-order valence-corrected chi connectivity index (χ2v) is 4.99. The first-order valence-corrected chi connectivity index (χ1v) is 5.60. The standard InChI is InChI=1S/C11H14F4O/c12-10(13)11(14,15)9(16)5-8-4-6-1-2-7(8)3-6/h6-8,10H,1-5H2. The van der Waals surface area contributed by atoms with Crippen molar-refractivity contribution in [2.45, 2.75) is 44.5 Å². The molecule has 0 radical (unpaired) electrons. The molecule has 2 saturated carbocycles. The average molecular weight is 238 g/mol. The minimum absolute atomic E-state index is 0.0872. The molecule has 2 fully saturated rings. The lowest BCUT2D eigenvalue weighted by atomic mass is 9.84. The van der Waals surface area contributed by atoms with Crippen LogP contribution in [0.5, 0.6) is 0 Å². The zero-order chi connectivity index (χ0) is 11.9. The fraction of sp³-hybridized carbons (Fsp3) is 0.909. The molecule has 92 valence electrons. The van der Waals surface area contributed by atoms with Crippen LogP contribution in [0, 0.1) is 17.8 Å². The van der Waals surface area contributed by atoms with Gasteiger partial charge < -0.3 is 0 Å². The van der Waals surface area contributed by atoms with E-state index in [0.29, 0.717) is 11.8 Å². The van der Waals surface area contributed by atoms with E-state index < -0.39 is 18.1 Å². The molecule has 0 aromatic carbocycles. The van der Waals surface area contributed by atoms with Crippen LogP contribution < -0.4 is 0 Å². The molecule has 3 atom stereocenters. The van der Waals surface area contributed by atoms with Gasteiger partial charge >= 0.3 is 12.3 Å². The molecule has 16 heavy (non-hydrogen) atoms. The van der Waals surface area contributed by atoms with E-state index in [-0.39, 0.29) is 12.3 Å². The van der Waals surface area contributed by atoms with E-state index in [1.807, 2.05) is 0 Å². The number of ketones is 1. The van der Waals surface area contributed by atoms with Gasteiger partial charge in [0, 0.05) is 6.42 Å². The molecule has 0 aromatic rings. The molecule has 0 saturated heterocycles. The number of rotatable bonds is 4. The van der Waals surface area contributed by atoms with Gasteiger partial charge in [0.1, 0.15) is 0 Å². The summed E-state index contributed by atoms with van der Waals surface area (Å²) in [5.41, 5.74) is 0. The topological polar surface area (TPSA) is 17.1 Å². The molecule has 0 spiro atoms. The third-order valence-corrected chi connectivity index (χ3v) is 3.98. The highest BCUT2D eigenvalue weighted by atomic mass is 19.3. The molecule has 3 unspecified atom stereocenters. The molecule has 0 N–H and O–H groups in total. The Morgan fingerprint density at radius 3 is 2.38 bits per heavy atom. The Bertz CT molecular complexity index is 290. The molecule has 2 bridgehead atoms. The smallest absolute Gasteiger partial charge is 0.293 e. The van der Waals surface area contributed by atoms with Crippen LogP contribution in [0.25, 0.3) is 0 Å². The number of hydrogen-bond acceptors (Lipinski definition) is 1. The normalized spacial score (nSPS) is 33.7. The molecular formula is C11H14F4O. The Kier molecular flexibility index (Phi) is 2.97. The summed E-state index contributed by atoms with van der Waals surface area (Å²) in [5, 5.41) is 0. The maximum atomic E-state index is 12.7. The molecule has 5 heteroatoms. The summed E-state index contributed by atoms with van der Waals surface area (Å²) in [6.45, 7) is 0. The zero-order valence-electron chi connectivity index (χ0n) is 8.77. The molecule has 1 nitrogen and oxygen atoms in total. The Labute approximate surface area is 91.2 Å². The molecule has 0 aromatic heterocycles. The van der Waals surface area contributed by atoms with Crippen LogP contribution in [0.4, 0.5) is 17.6 Å². The van der Waals surface area contributed by atoms with Crippen LogP contribution >= 0.6 is 0 Å². The van der Waals surface area contributed by atoms with Crippen molar-refractivity contribution in [2.24, 2.45) is 17.8 Å². The monoisotopic (exact) mass is 238 g/mol. The lowest BCUT2D eigenvalue weighted by Crippen LogP contribution is -2.38. The molecule has 2 aliphatic rings. The van der Waals surface area contributed by atoms with Gasteiger partial charge in [0.15, 0.2) is 0 Å². The maximum absolute atomic E-state index is 12.7. The highest BCUT2D eigenvalue weighted by Gasteiger charge is 2.50. The molecule has 0 heterocycles. The summed E-state index contributed by atoms with van der Waals surface area (Å²) in [7, 11) is 0. The van der Waals surface area contributed by atoms with Gasteiger partial charge in [-0.05, 0) is 37.0 Å². The summed E-state index contributed by atoms with van der Waals surface area (Å²) >= 11 is 0. The van der Waals surface area contributed by atoms with Crippen LogP contribution in [0.15, 0.2) is 0 Å². The van der Waals surface area contributed by atoms with Gasteiger partial charge in [-0.2, -0.15) is 8.78 Å². The predicted molar refractivity (Wildman–Crippen MR) is 49.5 cm³/mol. The van der Waals surface area contributed by atoms with E-state index in [0.717, 1.165) is 25.7 Å². The van der Waals surface area contributed by atoms with Crippen molar-refractivity contribution in [2.75, 3.05) is 0 Å². The molecule has 0 amide bonds. The lowest BCUT2D eigenvalue weighted by Gasteiger charge is -2.23. The quantitative estimate of drug-likeness (QED) is 0.687. The Balaban J connectivity index is 1.93. The SMILES string of the molecule is O=C(CC1CC2CCC1C2)C(F)(F)C(F)F. The first-order valence-electron chi connectivity index (χ1n) is 5.60. The fourth-order valence-corrected chi connectivity index (χ4v) is 3.12. The number of carbonyl (C=O) groups is 1. The summed E-state index contributed by atoms with van der Waals surface area (Å²) in [6.07, 6.45) is -0.450. The highest BCUT2D eigenvalue weighted by Crippen LogP contribution is 2.50. The Morgan fingerprint density at radius 2 is 1.94 bits per heavy atom. The number of halogens is 4. The van der Waals surface area contributed by atoms with Gasteiger partial charge in [-0.15, -0.1) is 0 Å². The van der Waals surface area contributed by atoms with Crippen LogP contribution in [-0.4, -0.2) is 18.1 Å². The molecular weight excluding hydrogens is 224 g/mol. The molecule has 2 rings (SSSR count). The maximum Gasteiger partial charge on any atom is 0.364 e. The largest absolute Gasteiger partial charge is 0.364 e. The van der Waals surface area contributed by atoms with Crippen molar-refractivity contribution < 1.29 is 22.4 Å². The van der Waals surface area contributed by atoms with E-state index in [2.05, 4.69) is 0 Å². The van der Waals surface area contributed by atoms with E-state index in [1.165, 1.54) is 0 Å². The summed E-state index contributed by atoms with van der Waals surface area (Å²) in [5.74, 6) is -5.29. The van der Waals surface area contributed by atoms with Crippen molar-refractivity contribution in [3.05, 3.63) is 0 Å². The van der Waals surface area contributed by atoms with Crippen LogP contribution in [-0.2, 0) is 4.79 Å². The number of fused-ring (bicyclic) bond motifs is 2. The van der Waals surface area contributed by atoms with E-state index in [4.69, 9.17) is 0 Å². The van der Waals surface area contributed by atoms with Gasteiger partial charge in [0.25, 0.3) is 0 Å². The highest BCUT2D eigenvalue weighted by molar-refractivity contribution is 5.86. The van der Waals surface area contributed by atoms with E-state index in [9.17, 15) is 22.4 Å².